The van der Waals surface area contributed by atoms with Crippen LogP contribution in [0, 0.1) is 5.92 Å². The van der Waals surface area contributed by atoms with Gasteiger partial charge in [-0.1, -0.05) is 36.4 Å². The largest absolute Gasteiger partial charge is 0.326 e. The lowest BCUT2D eigenvalue weighted by Crippen LogP contribution is -2.47. The molecule has 0 spiro atoms. The molecule has 2 aliphatic heterocycles. The van der Waals surface area contributed by atoms with E-state index in [4.69, 9.17) is 0 Å². The number of carbonyl (C=O) groups is 3. The summed E-state index contributed by atoms with van der Waals surface area (Å²) in [7, 11) is 0. The summed E-state index contributed by atoms with van der Waals surface area (Å²) in [4.78, 5) is 42.1. The van der Waals surface area contributed by atoms with Crippen molar-refractivity contribution in [3.63, 3.8) is 0 Å². The van der Waals surface area contributed by atoms with Gasteiger partial charge in [-0.2, -0.15) is 0 Å². The SMILES string of the molecule is CC1(c2ccc3c(c2)CCC3)NC(=O)N(CN2CCC(C(=O)Nc3ccccc3)CC2)C1=O. The maximum Gasteiger partial charge on any atom is 0.326 e. The van der Waals surface area contributed by atoms with Gasteiger partial charge in [-0.15, -0.1) is 0 Å². The number of anilines is 1. The molecule has 5 rings (SSSR count). The van der Waals surface area contributed by atoms with Gasteiger partial charge in [-0.25, -0.2) is 9.69 Å². The molecule has 7 heteroatoms. The van der Waals surface area contributed by atoms with Crippen molar-refractivity contribution < 1.29 is 14.4 Å². The molecule has 2 fully saturated rings. The molecule has 3 aliphatic rings. The van der Waals surface area contributed by atoms with Gasteiger partial charge in [-0.3, -0.25) is 14.5 Å². The number of nitrogens with one attached hydrogen (secondary N) is 2. The standard InChI is InChI=1S/C26H30N4O3/c1-26(21-11-10-18-6-5-7-20(18)16-21)24(32)30(25(33)28-26)17-29-14-12-19(13-15-29)23(31)27-22-8-3-2-4-9-22/h2-4,8-11,16,19H,5-7,12-15,17H2,1H3,(H,27,31)(H,28,33). The van der Waals surface area contributed by atoms with Crippen molar-refractivity contribution in [1.82, 2.24) is 15.1 Å². The van der Waals surface area contributed by atoms with Crippen LogP contribution in [0.5, 0.6) is 0 Å². The lowest BCUT2D eigenvalue weighted by atomic mass is 9.90. The minimum Gasteiger partial charge on any atom is -0.326 e. The van der Waals surface area contributed by atoms with Gasteiger partial charge in [0.1, 0.15) is 5.54 Å². The molecule has 2 saturated heterocycles. The van der Waals surface area contributed by atoms with E-state index >= 15 is 0 Å². The van der Waals surface area contributed by atoms with E-state index < -0.39 is 5.54 Å². The number of likely N-dealkylation sites (tertiary alicyclic amines) is 1. The summed E-state index contributed by atoms with van der Waals surface area (Å²) < 4.78 is 0. The molecule has 2 aromatic rings. The minimum atomic E-state index is -1.04. The number of benzene rings is 2. The number of piperidine rings is 1. The molecular weight excluding hydrogens is 416 g/mol. The second kappa shape index (κ2) is 8.63. The van der Waals surface area contributed by atoms with Crippen LogP contribution in [0.15, 0.2) is 48.5 Å². The number of nitrogens with zero attached hydrogens (tertiary/aromatic N) is 2. The lowest BCUT2D eigenvalue weighted by Gasteiger charge is -2.33. The van der Waals surface area contributed by atoms with E-state index in [-0.39, 0.29) is 30.4 Å². The minimum absolute atomic E-state index is 0.0278. The van der Waals surface area contributed by atoms with Crippen molar-refractivity contribution in [2.45, 2.75) is 44.6 Å². The Morgan fingerprint density at radius 1 is 1.06 bits per heavy atom. The van der Waals surface area contributed by atoms with Gasteiger partial charge in [0.2, 0.25) is 5.91 Å². The van der Waals surface area contributed by atoms with Crippen molar-refractivity contribution in [2.24, 2.45) is 5.92 Å². The average Bonchev–Trinajstić information content (AvgIpc) is 3.38. The third kappa shape index (κ3) is 4.13. The first-order valence-corrected chi connectivity index (χ1v) is 11.8. The summed E-state index contributed by atoms with van der Waals surface area (Å²) in [5, 5.41) is 5.90. The zero-order chi connectivity index (χ0) is 23.0. The molecular formula is C26H30N4O3. The normalized spacial score (nSPS) is 23.5. The fourth-order valence-electron chi connectivity index (χ4n) is 5.21. The van der Waals surface area contributed by atoms with Crippen LogP contribution in [0.25, 0.3) is 0 Å². The van der Waals surface area contributed by atoms with E-state index in [0.717, 1.165) is 30.5 Å². The first-order chi connectivity index (χ1) is 15.9. The second-order valence-corrected chi connectivity index (χ2v) is 9.51. The Morgan fingerprint density at radius 3 is 2.55 bits per heavy atom. The number of fused-ring (bicyclic) bond motifs is 1. The number of urea groups is 1. The summed E-state index contributed by atoms with van der Waals surface area (Å²) in [6, 6.07) is 15.3. The number of rotatable bonds is 5. The van der Waals surface area contributed by atoms with Crippen molar-refractivity contribution in [1.29, 1.82) is 0 Å². The van der Waals surface area contributed by atoms with Crippen LogP contribution in [0.4, 0.5) is 10.5 Å². The smallest absolute Gasteiger partial charge is 0.326 e. The van der Waals surface area contributed by atoms with Crippen molar-refractivity contribution in [2.75, 3.05) is 25.1 Å². The highest BCUT2D eigenvalue weighted by Crippen LogP contribution is 2.33. The highest BCUT2D eigenvalue weighted by Gasteiger charge is 2.49. The topological polar surface area (TPSA) is 81.8 Å². The van der Waals surface area contributed by atoms with E-state index in [1.807, 2.05) is 36.4 Å². The van der Waals surface area contributed by atoms with E-state index in [1.54, 1.807) is 6.92 Å². The molecule has 0 aromatic heterocycles. The van der Waals surface area contributed by atoms with Gasteiger partial charge in [0, 0.05) is 24.7 Å². The maximum atomic E-state index is 13.3. The molecule has 1 unspecified atom stereocenters. The van der Waals surface area contributed by atoms with Crippen molar-refractivity contribution in [3.05, 3.63) is 65.2 Å². The molecule has 7 nitrogen and oxygen atoms in total. The molecule has 33 heavy (non-hydrogen) atoms. The van der Waals surface area contributed by atoms with Crippen LogP contribution in [-0.4, -0.2) is 47.4 Å². The van der Waals surface area contributed by atoms with Crippen LogP contribution in [0.2, 0.25) is 0 Å². The molecule has 4 amide bonds. The summed E-state index contributed by atoms with van der Waals surface area (Å²) in [6.45, 7) is 3.38. The van der Waals surface area contributed by atoms with Crippen LogP contribution in [0.1, 0.15) is 42.9 Å². The first-order valence-electron chi connectivity index (χ1n) is 11.8. The van der Waals surface area contributed by atoms with E-state index in [1.165, 1.54) is 16.0 Å². The maximum absolute atomic E-state index is 13.3. The fourth-order valence-corrected chi connectivity index (χ4v) is 5.21. The number of imide groups is 1. The lowest BCUT2D eigenvalue weighted by molar-refractivity contribution is -0.133. The Bertz CT molecular complexity index is 1080. The summed E-state index contributed by atoms with van der Waals surface area (Å²) in [5.41, 5.74) is 3.23. The van der Waals surface area contributed by atoms with Gasteiger partial charge in [0.25, 0.3) is 5.91 Å². The van der Waals surface area contributed by atoms with Gasteiger partial charge < -0.3 is 10.6 Å². The predicted octanol–water partition coefficient (Wildman–Crippen LogP) is 3.25. The van der Waals surface area contributed by atoms with Crippen LogP contribution >= 0.6 is 0 Å². The van der Waals surface area contributed by atoms with E-state index in [0.29, 0.717) is 25.9 Å². The molecule has 0 saturated carbocycles. The molecule has 0 radical (unpaired) electrons. The highest BCUT2D eigenvalue weighted by atomic mass is 16.2. The molecule has 2 aromatic carbocycles. The Labute approximate surface area is 194 Å². The van der Waals surface area contributed by atoms with Gasteiger partial charge >= 0.3 is 6.03 Å². The average molecular weight is 447 g/mol. The van der Waals surface area contributed by atoms with Crippen molar-refractivity contribution in [3.8, 4) is 0 Å². The predicted molar refractivity (Wildman–Crippen MR) is 125 cm³/mol. The molecule has 2 N–H and O–H groups in total. The third-order valence-corrected chi connectivity index (χ3v) is 7.29. The van der Waals surface area contributed by atoms with Crippen LogP contribution < -0.4 is 10.6 Å². The van der Waals surface area contributed by atoms with E-state index in [9.17, 15) is 14.4 Å². The van der Waals surface area contributed by atoms with Gasteiger partial charge in [-0.05, 0) is 67.9 Å². The first kappa shape index (κ1) is 21.6. The zero-order valence-corrected chi connectivity index (χ0v) is 19.0. The Hall–Kier alpha value is -3.19. The molecule has 1 aliphatic carbocycles. The number of para-hydroxylation sites is 1. The van der Waals surface area contributed by atoms with Gasteiger partial charge in [0.15, 0.2) is 0 Å². The third-order valence-electron chi connectivity index (χ3n) is 7.29. The number of hydrogen-bond donors (Lipinski definition) is 2. The number of amides is 4. The number of aryl methyl sites for hydroxylation is 2. The number of hydrogen-bond acceptors (Lipinski definition) is 4. The van der Waals surface area contributed by atoms with Gasteiger partial charge in [0.05, 0.1) is 6.67 Å². The summed E-state index contributed by atoms with van der Waals surface area (Å²) in [6.07, 6.45) is 4.64. The van der Waals surface area contributed by atoms with Crippen LogP contribution in [-0.2, 0) is 28.0 Å². The molecule has 172 valence electrons. The zero-order valence-electron chi connectivity index (χ0n) is 19.0. The quantitative estimate of drug-likeness (QED) is 0.691. The molecule has 2 heterocycles. The summed E-state index contributed by atoms with van der Waals surface area (Å²) in [5.74, 6) is -0.254. The van der Waals surface area contributed by atoms with E-state index in [2.05, 4.69) is 27.7 Å². The molecule has 0 bridgehead atoms. The summed E-state index contributed by atoms with van der Waals surface area (Å²) >= 11 is 0. The Kier molecular flexibility index (Phi) is 5.66. The Morgan fingerprint density at radius 2 is 1.79 bits per heavy atom. The van der Waals surface area contributed by atoms with Crippen molar-refractivity contribution >= 4 is 23.5 Å². The molecule has 1 atom stereocenters. The van der Waals surface area contributed by atoms with Crippen LogP contribution in [0.3, 0.4) is 0 Å². The fraction of sp³-hybridized carbons (Fsp3) is 0.423. The monoisotopic (exact) mass is 446 g/mol. The number of carbonyl (C=O) groups excluding carboxylic acids is 3. The highest BCUT2D eigenvalue weighted by molar-refractivity contribution is 6.07. The second-order valence-electron chi connectivity index (χ2n) is 9.51. The Balaban J connectivity index is 1.19.